The molecular weight excluding hydrogens is 364 g/mol. The fourth-order valence-electron chi connectivity index (χ4n) is 4.40. The van der Waals surface area contributed by atoms with Crippen LogP contribution in [0, 0.1) is 5.41 Å². The largest absolute Gasteiger partial charge is 0.465 e. The molecule has 9 heteroatoms. The van der Waals surface area contributed by atoms with Crippen molar-refractivity contribution in [3.8, 4) is 0 Å². The van der Waals surface area contributed by atoms with Gasteiger partial charge in [0.15, 0.2) is 0 Å². The second-order valence-electron chi connectivity index (χ2n) is 8.57. The van der Waals surface area contributed by atoms with Gasteiger partial charge in [-0.1, -0.05) is 0 Å². The van der Waals surface area contributed by atoms with Gasteiger partial charge in [-0.25, -0.2) is 4.79 Å². The van der Waals surface area contributed by atoms with E-state index in [-0.39, 0.29) is 49.4 Å². The number of β-amino-alcohol motifs (C(OH)–C–C–N with tert-alkyl or cyclic N) is 1. The third kappa shape index (κ3) is 4.41. The van der Waals surface area contributed by atoms with Crippen molar-refractivity contribution in [1.82, 2.24) is 19.6 Å². The van der Waals surface area contributed by atoms with E-state index in [2.05, 4.69) is 4.90 Å². The molecule has 28 heavy (non-hydrogen) atoms. The Labute approximate surface area is 165 Å². The van der Waals surface area contributed by atoms with Gasteiger partial charge in [-0.15, -0.1) is 0 Å². The molecule has 3 fully saturated rings. The molecule has 1 unspecified atom stereocenters. The maximum atomic E-state index is 12.8. The standard InChI is InChI=1S/C19H32N4O5/c1-20(2)17(26)14(23-12-11-22(18(27)28)9-4-16(23)25)3-8-21-10-7-19(5-6-19)15(24)13-21/h14-15,24H,3-13H2,1-2H3,(H,27,28)/t14?,15-/m1/s1. The van der Waals surface area contributed by atoms with Crippen molar-refractivity contribution in [2.45, 2.75) is 44.2 Å². The zero-order valence-corrected chi connectivity index (χ0v) is 16.8. The Balaban J connectivity index is 1.64. The molecule has 0 radical (unpaired) electrons. The molecule has 3 amide bonds. The highest BCUT2D eigenvalue weighted by atomic mass is 16.4. The fourth-order valence-corrected chi connectivity index (χ4v) is 4.40. The molecule has 2 atom stereocenters. The molecule has 158 valence electrons. The van der Waals surface area contributed by atoms with E-state index < -0.39 is 12.1 Å². The van der Waals surface area contributed by atoms with Gasteiger partial charge in [-0.05, 0) is 37.6 Å². The number of likely N-dealkylation sites (N-methyl/N-ethyl adjacent to an activating group) is 1. The van der Waals surface area contributed by atoms with Gasteiger partial charge in [0.05, 0.1) is 6.10 Å². The van der Waals surface area contributed by atoms with E-state index in [1.807, 2.05) is 0 Å². The summed E-state index contributed by atoms with van der Waals surface area (Å²) in [5.41, 5.74) is 0.135. The number of carbonyl (C=O) groups is 3. The average Bonchev–Trinajstić information content (AvgIpc) is 3.44. The minimum atomic E-state index is -1.04. The Bertz CT molecular complexity index is 621. The summed E-state index contributed by atoms with van der Waals surface area (Å²) in [7, 11) is 3.34. The molecule has 2 aliphatic heterocycles. The lowest BCUT2D eigenvalue weighted by atomic mass is 9.90. The molecule has 2 heterocycles. The van der Waals surface area contributed by atoms with Gasteiger partial charge in [0.2, 0.25) is 11.8 Å². The monoisotopic (exact) mass is 396 g/mol. The summed E-state index contributed by atoms with van der Waals surface area (Å²) in [5, 5.41) is 19.6. The second-order valence-corrected chi connectivity index (χ2v) is 8.57. The van der Waals surface area contributed by atoms with Crippen LogP contribution in [0.15, 0.2) is 0 Å². The molecule has 2 saturated heterocycles. The maximum Gasteiger partial charge on any atom is 0.407 e. The van der Waals surface area contributed by atoms with Crippen LogP contribution < -0.4 is 0 Å². The van der Waals surface area contributed by atoms with Crippen molar-refractivity contribution < 1.29 is 24.6 Å². The smallest absolute Gasteiger partial charge is 0.407 e. The van der Waals surface area contributed by atoms with Crippen molar-refractivity contribution in [3.63, 3.8) is 0 Å². The Hall–Kier alpha value is -1.87. The third-order valence-electron chi connectivity index (χ3n) is 6.57. The van der Waals surface area contributed by atoms with Gasteiger partial charge in [-0.2, -0.15) is 0 Å². The zero-order valence-electron chi connectivity index (χ0n) is 16.8. The number of hydrogen-bond acceptors (Lipinski definition) is 5. The molecule has 9 nitrogen and oxygen atoms in total. The zero-order chi connectivity index (χ0) is 20.5. The lowest BCUT2D eigenvalue weighted by Gasteiger charge is -2.38. The van der Waals surface area contributed by atoms with Crippen LogP contribution in [0.3, 0.4) is 0 Å². The normalized spacial score (nSPS) is 26.1. The van der Waals surface area contributed by atoms with E-state index in [4.69, 9.17) is 0 Å². The van der Waals surface area contributed by atoms with Crippen LogP contribution in [0.1, 0.15) is 32.1 Å². The second kappa shape index (κ2) is 8.24. The molecule has 1 saturated carbocycles. The van der Waals surface area contributed by atoms with Gasteiger partial charge in [0.25, 0.3) is 0 Å². The highest BCUT2D eigenvalue weighted by Crippen LogP contribution is 2.53. The Morgan fingerprint density at radius 1 is 1.18 bits per heavy atom. The molecule has 2 N–H and O–H groups in total. The van der Waals surface area contributed by atoms with Crippen LogP contribution in [-0.2, 0) is 9.59 Å². The summed E-state index contributed by atoms with van der Waals surface area (Å²) in [6, 6.07) is -0.606. The van der Waals surface area contributed by atoms with E-state index in [0.29, 0.717) is 19.5 Å². The number of nitrogens with zero attached hydrogens (tertiary/aromatic N) is 4. The highest BCUT2D eigenvalue weighted by molar-refractivity contribution is 5.88. The molecule has 0 aromatic rings. The van der Waals surface area contributed by atoms with E-state index in [1.54, 1.807) is 19.0 Å². The van der Waals surface area contributed by atoms with Gasteiger partial charge in [0, 0.05) is 53.2 Å². The number of hydrogen-bond donors (Lipinski definition) is 2. The first-order chi connectivity index (χ1) is 13.2. The van der Waals surface area contributed by atoms with E-state index in [0.717, 1.165) is 25.8 Å². The number of amides is 3. The quantitative estimate of drug-likeness (QED) is 0.672. The van der Waals surface area contributed by atoms with E-state index in [9.17, 15) is 24.6 Å². The fraction of sp³-hybridized carbons (Fsp3) is 0.842. The molecule has 1 spiro atoms. The van der Waals surface area contributed by atoms with Crippen molar-refractivity contribution in [2.75, 3.05) is 53.4 Å². The Kier molecular flexibility index (Phi) is 6.14. The van der Waals surface area contributed by atoms with E-state index >= 15 is 0 Å². The first-order valence-electron chi connectivity index (χ1n) is 10.1. The number of rotatable bonds is 5. The summed E-state index contributed by atoms with van der Waals surface area (Å²) in [6.45, 7) is 2.74. The van der Waals surface area contributed by atoms with Crippen molar-refractivity contribution in [3.05, 3.63) is 0 Å². The lowest BCUT2D eigenvalue weighted by Crippen LogP contribution is -2.52. The summed E-state index contributed by atoms with van der Waals surface area (Å²) < 4.78 is 0. The summed E-state index contributed by atoms with van der Waals surface area (Å²) >= 11 is 0. The van der Waals surface area contributed by atoms with Crippen molar-refractivity contribution in [1.29, 1.82) is 0 Å². The molecule has 3 aliphatic rings. The molecular formula is C19H32N4O5. The first-order valence-corrected chi connectivity index (χ1v) is 10.1. The van der Waals surface area contributed by atoms with Crippen LogP contribution in [-0.4, -0.2) is 113 Å². The minimum Gasteiger partial charge on any atom is -0.465 e. The van der Waals surface area contributed by atoms with Crippen molar-refractivity contribution in [2.24, 2.45) is 5.41 Å². The average molecular weight is 396 g/mol. The molecule has 0 aromatic carbocycles. The van der Waals surface area contributed by atoms with Gasteiger partial charge in [0.1, 0.15) is 6.04 Å². The maximum absolute atomic E-state index is 12.8. The number of aliphatic hydroxyl groups excluding tert-OH is 1. The molecule has 0 bridgehead atoms. The molecule has 1 aliphatic carbocycles. The molecule has 3 rings (SSSR count). The number of aliphatic hydroxyl groups is 1. The van der Waals surface area contributed by atoms with Crippen LogP contribution >= 0.6 is 0 Å². The van der Waals surface area contributed by atoms with Crippen molar-refractivity contribution >= 4 is 17.9 Å². The van der Waals surface area contributed by atoms with Crippen LogP contribution in [0.4, 0.5) is 4.79 Å². The topological polar surface area (TPSA) is 105 Å². The van der Waals surface area contributed by atoms with Gasteiger partial charge < -0.3 is 29.8 Å². The predicted octanol–water partition coefficient (Wildman–Crippen LogP) is -0.108. The predicted molar refractivity (Wildman–Crippen MR) is 102 cm³/mol. The minimum absolute atomic E-state index is 0.0917. The van der Waals surface area contributed by atoms with Crippen LogP contribution in [0.25, 0.3) is 0 Å². The van der Waals surface area contributed by atoms with Crippen LogP contribution in [0.2, 0.25) is 0 Å². The Morgan fingerprint density at radius 3 is 2.46 bits per heavy atom. The SMILES string of the molecule is CN(C)C(=O)C(CCN1CCC2(CC2)[C@H](O)C1)N1CCN(C(=O)O)CCC1=O. The summed E-state index contributed by atoms with van der Waals surface area (Å²) in [6.07, 6.45) is 2.41. The first kappa shape index (κ1) is 20.9. The number of piperidine rings is 1. The molecule has 0 aromatic heterocycles. The number of carbonyl (C=O) groups excluding carboxylic acids is 2. The summed E-state index contributed by atoms with van der Waals surface area (Å²) in [5.74, 6) is -0.326. The third-order valence-corrected chi connectivity index (χ3v) is 6.57. The lowest BCUT2D eigenvalue weighted by molar-refractivity contribution is -0.144. The van der Waals surface area contributed by atoms with Gasteiger partial charge >= 0.3 is 6.09 Å². The number of likely N-dealkylation sites (tertiary alicyclic amines) is 1. The van der Waals surface area contributed by atoms with E-state index in [1.165, 1.54) is 9.80 Å². The Morgan fingerprint density at radius 2 is 1.89 bits per heavy atom. The van der Waals surface area contributed by atoms with Gasteiger partial charge in [-0.3, -0.25) is 9.59 Å². The number of carboxylic acid groups (broad SMARTS) is 1. The highest BCUT2D eigenvalue weighted by Gasteiger charge is 2.51. The summed E-state index contributed by atoms with van der Waals surface area (Å²) in [4.78, 5) is 43.1. The van der Waals surface area contributed by atoms with Crippen LogP contribution in [0.5, 0.6) is 0 Å².